The van der Waals surface area contributed by atoms with Crippen molar-refractivity contribution in [1.82, 2.24) is 24.6 Å². The minimum Gasteiger partial charge on any atom is -0.444 e. The van der Waals surface area contributed by atoms with Gasteiger partial charge in [-0.25, -0.2) is 24.2 Å². The number of rotatable bonds is 5. The summed E-state index contributed by atoms with van der Waals surface area (Å²) in [6.45, 7) is 6.87. The first kappa shape index (κ1) is 26.9. The number of nitrogens with zero attached hydrogens (tertiary/aromatic N) is 5. The van der Waals surface area contributed by atoms with Gasteiger partial charge in [0.15, 0.2) is 5.65 Å². The second-order valence-corrected chi connectivity index (χ2v) is 10.7. The molecular formula is C29H33N7O4. The van der Waals surface area contributed by atoms with Gasteiger partial charge >= 0.3 is 12.2 Å². The number of piperidine rings is 1. The van der Waals surface area contributed by atoms with Crippen LogP contribution >= 0.6 is 0 Å². The van der Waals surface area contributed by atoms with Crippen LogP contribution in [0.1, 0.15) is 45.2 Å². The Morgan fingerprint density at radius 3 is 2.40 bits per heavy atom. The van der Waals surface area contributed by atoms with E-state index in [1.165, 1.54) is 6.33 Å². The molecule has 2 amide bonds. The molecule has 208 valence electrons. The number of likely N-dealkylation sites (tertiary alicyclic amines) is 1. The number of carbonyl (C=O) groups excluding carboxylic acids is 2. The van der Waals surface area contributed by atoms with Gasteiger partial charge in [0.2, 0.25) is 0 Å². The monoisotopic (exact) mass is 543 g/mol. The van der Waals surface area contributed by atoms with E-state index in [1.54, 1.807) is 17.0 Å². The molecule has 11 heteroatoms. The van der Waals surface area contributed by atoms with Crippen LogP contribution in [0.5, 0.6) is 0 Å². The highest BCUT2D eigenvalue weighted by Crippen LogP contribution is 2.34. The summed E-state index contributed by atoms with van der Waals surface area (Å²) in [4.78, 5) is 35.2. The van der Waals surface area contributed by atoms with Crippen molar-refractivity contribution in [2.75, 3.05) is 24.1 Å². The number of hydrogen-bond donors (Lipinski definition) is 2. The number of carbonyl (C=O) groups is 2. The lowest BCUT2D eigenvalue weighted by Crippen LogP contribution is -2.42. The van der Waals surface area contributed by atoms with E-state index in [0.29, 0.717) is 54.2 Å². The molecule has 0 radical (unpaired) electrons. The number of benzene rings is 2. The topological polar surface area (TPSA) is 137 Å². The molecule has 0 bridgehead atoms. The highest BCUT2D eigenvalue weighted by molar-refractivity contribution is 5.98. The Morgan fingerprint density at radius 2 is 1.73 bits per heavy atom. The van der Waals surface area contributed by atoms with Gasteiger partial charge in [0.25, 0.3) is 0 Å². The molecule has 1 aliphatic heterocycles. The van der Waals surface area contributed by atoms with Crippen LogP contribution in [0, 0.1) is 0 Å². The summed E-state index contributed by atoms with van der Waals surface area (Å²) in [5.74, 6) is 0.337. The molecule has 0 atom stereocenters. The first-order chi connectivity index (χ1) is 19.2. The van der Waals surface area contributed by atoms with Crippen LogP contribution in [0.3, 0.4) is 0 Å². The van der Waals surface area contributed by atoms with Gasteiger partial charge in [0.05, 0.1) is 11.4 Å². The van der Waals surface area contributed by atoms with E-state index in [0.717, 1.165) is 11.1 Å². The Bertz CT molecular complexity index is 1490. The van der Waals surface area contributed by atoms with Crippen molar-refractivity contribution in [2.45, 2.75) is 51.9 Å². The van der Waals surface area contributed by atoms with E-state index >= 15 is 0 Å². The van der Waals surface area contributed by atoms with Crippen LogP contribution in [-0.2, 0) is 16.1 Å². The largest absolute Gasteiger partial charge is 0.444 e. The lowest BCUT2D eigenvalue weighted by atomic mass is 10.1. The molecule has 2 aromatic carbocycles. The number of aromatic nitrogens is 4. The highest BCUT2D eigenvalue weighted by atomic mass is 16.6. The zero-order valence-corrected chi connectivity index (χ0v) is 22.8. The Morgan fingerprint density at radius 1 is 1.02 bits per heavy atom. The summed E-state index contributed by atoms with van der Waals surface area (Å²) in [5.41, 5.74) is 9.35. The summed E-state index contributed by atoms with van der Waals surface area (Å²) in [6, 6.07) is 16.8. The number of ether oxygens (including phenoxy) is 2. The number of anilines is 2. The van der Waals surface area contributed by atoms with Crippen molar-refractivity contribution in [3.05, 3.63) is 66.5 Å². The zero-order valence-electron chi connectivity index (χ0n) is 22.8. The molecule has 5 rings (SSSR count). The third kappa shape index (κ3) is 6.14. The van der Waals surface area contributed by atoms with Crippen molar-refractivity contribution in [1.29, 1.82) is 0 Å². The SMILES string of the molecule is CC(C)(C)OC(=O)N1CCC(n2nc(-c3ccc(NC(=O)OCc4ccccc4)cc3)c3c(N)ncnc32)CC1. The van der Waals surface area contributed by atoms with Gasteiger partial charge in [0.1, 0.15) is 30.0 Å². The molecule has 3 N–H and O–H groups in total. The summed E-state index contributed by atoms with van der Waals surface area (Å²) >= 11 is 0. The first-order valence-electron chi connectivity index (χ1n) is 13.2. The third-order valence-electron chi connectivity index (χ3n) is 6.60. The second kappa shape index (κ2) is 11.2. The third-order valence-corrected chi connectivity index (χ3v) is 6.60. The van der Waals surface area contributed by atoms with Gasteiger partial charge in [-0.15, -0.1) is 0 Å². The van der Waals surface area contributed by atoms with Crippen molar-refractivity contribution >= 4 is 34.7 Å². The minimum absolute atomic E-state index is 0.0320. The number of fused-ring (bicyclic) bond motifs is 1. The van der Waals surface area contributed by atoms with Crippen molar-refractivity contribution in [3.63, 3.8) is 0 Å². The summed E-state index contributed by atoms with van der Waals surface area (Å²) < 4.78 is 12.7. The molecular weight excluding hydrogens is 510 g/mol. The van der Waals surface area contributed by atoms with E-state index < -0.39 is 11.7 Å². The average Bonchev–Trinajstić information content (AvgIpc) is 3.33. The number of amides is 2. The fourth-order valence-electron chi connectivity index (χ4n) is 4.66. The molecule has 3 heterocycles. The Balaban J connectivity index is 1.30. The van der Waals surface area contributed by atoms with Gasteiger partial charge < -0.3 is 20.1 Å². The molecule has 1 aliphatic rings. The summed E-state index contributed by atoms with van der Waals surface area (Å²) in [6.07, 6.45) is 1.99. The van der Waals surface area contributed by atoms with E-state index in [4.69, 9.17) is 20.3 Å². The number of hydrogen-bond acceptors (Lipinski definition) is 8. The molecule has 1 saturated heterocycles. The quantitative estimate of drug-likeness (QED) is 0.341. The minimum atomic E-state index is -0.540. The van der Waals surface area contributed by atoms with Crippen LogP contribution in [0.2, 0.25) is 0 Å². The van der Waals surface area contributed by atoms with Crippen LogP contribution in [0.25, 0.3) is 22.3 Å². The Kier molecular flexibility index (Phi) is 7.54. The standard InChI is InChI=1S/C29H33N7O4/c1-29(2,3)40-28(38)35-15-13-22(14-16-35)36-26-23(25(30)31-18-32-26)24(34-36)20-9-11-21(12-10-20)33-27(37)39-17-19-7-5-4-6-8-19/h4-12,18,22H,13-17H2,1-3H3,(H,33,37)(H2,30,31,32). The van der Waals surface area contributed by atoms with Gasteiger partial charge in [-0.3, -0.25) is 5.32 Å². The van der Waals surface area contributed by atoms with E-state index in [9.17, 15) is 9.59 Å². The van der Waals surface area contributed by atoms with Crippen molar-refractivity contribution < 1.29 is 19.1 Å². The van der Waals surface area contributed by atoms with Crippen LogP contribution in [0.4, 0.5) is 21.1 Å². The molecule has 0 spiro atoms. The van der Waals surface area contributed by atoms with Crippen molar-refractivity contribution in [3.8, 4) is 11.3 Å². The fourth-order valence-corrected chi connectivity index (χ4v) is 4.66. The molecule has 11 nitrogen and oxygen atoms in total. The maximum absolute atomic E-state index is 12.5. The normalized spacial score (nSPS) is 14.2. The molecule has 2 aromatic heterocycles. The smallest absolute Gasteiger partial charge is 0.411 e. The summed E-state index contributed by atoms with van der Waals surface area (Å²) in [7, 11) is 0. The maximum atomic E-state index is 12.5. The van der Waals surface area contributed by atoms with Gasteiger partial charge in [-0.2, -0.15) is 5.10 Å². The van der Waals surface area contributed by atoms with Crippen LogP contribution < -0.4 is 11.1 Å². The van der Waals surface area contributed by atoms with Crippen molar-refractivity contribution in [2.24, 2.45) is 0 Å². The van der Waals surface area contributed by atoms with E-state index in [-0.39, 0.29) is 18.7 Å². The van der Waals surface area contributed by atoms with Crippen LogP contribution in [-0.4, -0.2) is 55.5 Å². The maximum Gasteiger partial charge on any atom is 0.411 e. The van der Waals surface area contributed by atoms with Crippen LogP contribution in [0.15, 0.2) is 60.9 Å². The molecule has 1 fully saturated rings. The molecule has 0 saturated carbocycles. The summed E-state index contributed by atoms with van der Waals surface area (Å²) in [5, 5.41) is 8.33. The molecule has 40 heavy (non-hydrogen) atoms. The molecule has 4 aromatic rings. The fraction of sp³-hybridized carbons (Fsp3) is 0.345. The first-order valence-corrected chi connectivity index (χ1v) is 13.2. The average molecular weight is 544 g/mol. The van der Waals surface area contributed by atoms with E-state index in [1.807, 2.05) is 67.9 Å². The Labute approximate surface area is 232 Å². The predicted molar refractivity (Wildman–Crippen MR) is 151 cm³/mol. The number of nitrogens with two attached hydrogens (primary N) is 1. The van der Waals surface area contributed by atoms with Gasteiger partial charge in [0, 0.05) is 24.3 Å². The van der Waals surface area contributed by atoms with E-state index in [2.05, 4.69) is 15.3 Å². The van der Waals surface area contributed by atoms with Gasteiger partial charge in [-0.1, -0.05) is 42.5 Å². The van der Waals surface area contributed by atoms with Gasteiger partial charge in [-0.05, 0) is 51.3 Å². The lowest BCUT2D eigenvalue weighted by molar-refractivity contribution is 0.0186. The second-order valence-electron chi connectivity index (χ2n) is 10.7. The molecule has 0 unspecified atom stereocenters. The predicted octanol–water partition coefficient (Wildman–Crippen LogP) is 5.40. The number of nitrogen functional groups attached to an aromatic ring is 1. The molecule has 0 aliphatic carbocycles. The lowest BCUT2D eigenvalue weighted by Gasteiger charge is -2.33. The highest BCUT2D eigenvalue weighted by Gasteiger charge is 2.30. The number of nitrogens with one attached hydrogen (secondary N) is 1. The Hall–Kier alpha value is -4.67. The zero-order chi connectivity index (χ0) is 28.3.